The van der Waals surface area contributed by atoms with Gasteiger partial charge in [0.15, 0.2) is 16.7 Å². The number of hydrogen-bond donors (Lipinski definition) is 2. The molecule has 1 aromatic carbocycles. The van der Waals surface area contributed by atoms with Crippen LogP contribution in [0.4, 0.5) is 4.39 Å². The summed E-state index contributed by atoms with van der Waals surface area (Å²) < 4.78 is 17.4. The Morgan fingerprint density at radius 1 is 0.800 bits per heavy atom. The highest BCUT2D eigenvalue weighted by Gasteiger charge is 2.18. The second-order valence-corrected chi connectivity index (χ2v) is 9.94. The number of nitrogens with zero attached hydrogens (tertiary/aromatic N) is 6. The quantitative estimate of drug-likeness (QED) is 0.384. The molecule has 178 valence electrons. The van der Waals surface area contributed by atoms with Gasteiger partial charge in [-0.3, -0.25) is 0 Å². The van der Waals surface area contributed by atoms with Crippen molar-refractivity contribution in [2.45, 2.75) is 26.2 Å². The molecule has 0 amide bonds. The average molecular weight is 507 g/mol. The zero-order valence-electron chi connectivity index (χ0n) is 18.8. The van der Waals surface area contributed by atoms with Crippen LogP contribution in [0.15, 0.2) is 53.6 Å². The third-order valence-electron chi connectivity index (χ3n) is 5.96. The molecule has 0 bridgehead atoms. The standard InChI is InChI=1S/C15H13FN4S.C9H10N4S/c16-11-3-1-10(2-4-11)15-19-13(9-21-15)14-18-8-12-7-17-5-6-20(12)14;1-3-13-7(5-10-1)6-12-8(13)9-11-2-4-14-9/h1-4,8-9,17H,5-7H2;2,4,6,10H,1,3,5H2. The molecule has 35 heavy (non-hydrogen) atoms. The SMILES string of the molecule is Fc1ccc(-c2nc(-c3ncc4n3CCNC4)cs2)cc1.c1csc(-c2ncc3n2CCNC3)n1. The van der Waals surface area contributed by atoms with Crippen molar-refractivity contribution >= 4 is 22.7 Å². The molecular weight excluding hydrogens is 483 g/mol. The number of nitrogens with one attached hydrogen (secondary N) is 2. The lowest BCUT2D eigenvalue weighted by Gasteiger charge is -2.16. The number of aromatic nitrogens is 6. The Morgan fingerprint density at radius 2 is 1.49 bits per heavy atom. The first-order chi connectivity index (χ1) is 17.3. The second-order valence-electron chi connectivity index (χ2n) is 8.19. The van der Waals surface area contributed by atoms with Crippen LogP contribution in [0.25, 0.3) is 32.9 Å². The largest absolute Gasteiger partial charge is 0.324 e. The number of thiazole rings is 2. The van der Waals surface area contributed by atoms with Crippen LogP contribution in [0, 0.1) is 5.82 Å². The first-order valence-electron chi connectivity index (χ1n) is 11.4. The molecule has 2 aliphatic rings. The average Bonchev–Trinajstić information content (AvgIpc) is 3.70. The van der Waals surface area contributed by atoms with E-state index >= 15 is 0 Å². The summed E-state index contributed by atoms with van der Waals surface area (Å²) >= 11 is 3.19. The summed E-state index contributed by atoms with van der Waals surface area (Å²) in [4.78, 5) is 17.8. The molecule has 4 aromatic heterocycles. The zero-order chi connectivity index (χ0) is 23.6. The Morgan fingerprint density at radius 3 is 2.17 bits per heavy atom. The maximum atomic E-state index is 13.0. The van der Waals surface area contributed by atoms with Gasteiger partial charge < -0.3 is 19.8 Å². The van der Waals surface area contributed by atoms with E-state index in [2.05, 4.69) is 39.7 Å². The van der Waals surface area contributed by atoms with Crippen molar-refractivity contribution in [2.75, 3.05) is 13.1 Å². The molecule has 0 radical (unpaired) electrons. The molecule has 5 aromatic rings. The van der Waals surface area contributed by atoms with Crippen LogP contribution in [-0.2, 0) is 26.2 Å². The van der Waals surface area contributed by atoms with Gasteiger partial charge in [-0.05, 0) is 24.3 Å². The van der Waals surface area contributed by atoms with Gasteiger partial charge in [-0.2, -0.15) is 0 Å². The second kappa shape index (κ2) is 9.78. The smallest absolute Gasteiger partial charge is 0.169 e. The van der Waals surface area contributed by atoms with Gasteiger partial charge in [-0.25, -0.2) is 24.3 Å². The van der Waals surface area contributed by atoms with Gasteiger partial charge in [0.2, 0.25) is 0 Å². The fourth-order valence-corrected chi connectivity index (χ4v) is 5.67. The van der Waals surface area contributed by atoms with Gasteiger partial charge in [0, 0.05) is 61.8 Å². The van der Waals surface area contributed by atoms with Gasteiger partial charge in [-0.15, -0.1) is 22.7 Å². The van der Waals surface area contributed by atoms with Crippen LogP contribution in [0.1, 0.15) is 11.4 Å². The molecule has 7 rings (SSSR count). The number of benzene rings is 1. The highest BCUT2D eigenvalue weighted by atomic mass is 32.1. The van der Waals surface area contributed by atoms with Crippen LogP contribution in [0.3, 0.4) is 0 Å². The molecule has 0 saturated heterocycles. The number of fused-ring (bicyclic) bond motifs is 2. The van der Waals surface area contributed by atoms with Crippen LogP contribution in [-0.4, -0.2) is 42.2 Å². The van der Waals surface area contributed by atoms with E-state index < -0.39 is 0 Å². The van der Waals surface area contributed by atoms with Crippen LogP contribution in [0.2, 0.25) is 0 Å². The summed E-state index contributed by atoms with van der Waals surface area (Å²) in [6.45, 7) is 5.63. The summed E-state index contributed by atoms with van der Waals surface area (Å²) in [6.07, 6.45) is 5.66. The molecule has 6 heterocycles. The summed E-state index contributed by atoms with van der Waals surface area (Å²) in [5, 5.41) is 12.5. The molecule has 0 aliphatic carbocycles. The molecule has 0 fully saturated rings. The topological polar surface area (TPSA) is 85.5 Å². The Kier molecular flexibility index (Phi) is 6.21. The normalized spacial score (nSPS) is 14.7. The van der Waals surface area contributed by atoms with Crippen molar-refractivity contribution in [2.24, 2.45) is 0 Å². The first-order valence-corrected chi connectivity index (χ1v) is 13.1. The number of halogens is 1. The van der Waals surface area contributed by atoms with Crippen molar-refractivity contribution in [3.63, 3.8) is 0 Å². The van der Waals surface area contributed by atoms with Crippen molar-refractivity contribution in [1.82, 2.24) is 39.7 Å². The fourth-order valence-electron chi connectivity index (χ4n) is 4.23. The predicted octanol–water partition coefficient (Wildman–Crippen LogP) is 4.03. The maximum Gasteiger partial charge on any atom is 0.169 e. The molecule has 8 nitrogen and oxygen atoms in total. The van der Waals surface area contributed by atoms with Crippen LogP contribution in [0.5, 0.6) is 0 Å². The summed E-state index contributed by atoms with van der Waals surface area (Å²) in [7, 11) is 0. The summed E-state index contributed by atoms with van der Waals surface area (Å²) in [5.41, 5.74) is 4.25. The highest BCUT2D eigenvalue weighted by molar-refractivity contribution is 7.13. The molecule has 0 saturated carbocycles. The lowest BCUT2D eigenvalue weighted by Crippen LogP contribution is -2.27. The van der Waals surface area contributed by atoms with Gasteiger partial charge in [0.05, 0.1) is 23.8 Å². The lowest BCUT2D eigenvalue weighted by molar-refractivity contribution is 0.519. The fraction of sp³-hybridized carbons (Fsp3) is 0.250. The molecule has 0 spiro atoms. The minimum Gasteiger partial charge on any atom is -0.324 e. The van der Waals surface area contributed by atoms with Crippen molar-refractivity contribution < 1.29 is 4.39 Å². The van der Waals surface area contributed by atoms with Crippen LogP contribution < -0.4 is 10.6 Å². The summed E-state index contributed by atoms with van der Waals surface area (Å²) in [6, 6.07) is 6.42. The van der Waals surface area contributed by atoms with E-state index in [9.17, 15) is 4.39 Å². The highest BCUT2D eigenvalue weighted by Crippen LogP contribution is 2.29. The van der Waals surface area contributed by atoms with Crippen LogP contribution >= 0.6 is 22.7 Å². The third kappa shape index (κ3) is 4.55. The Balaban J connectivity index is 0.000000141. The Bertz CT molecular complexity index is 1420. The molecule has 11 heteroatoms. The van der Waals surface area contributed by atoms with E-state index in [-0.39, 0.29) is 5.82 Å². The molecule has 2 aliphatic heterocycles. The lowest BCUT2D eigenvalue weighted by atomic mass is 10.2. The molecular formula is C24H23FN8S2. The molecule has 2 N–H and O–H groups in total. The van der Waals surface area contributed by atoms with E-state index in [0.29, 0.717) is 0 Å². The Labute approximate surface area is 209 Å². The van der Waals surface area contributed by atoms with Gasteiger partial charge >= 0.3 is 0 Å². The molecule has 0 unspecified atom stereocenters. The van der Waals surface area contributed by atoms with Gasteiger partial charge in [-0.1, -0.05) is 0 Å². The van der Waals surface area contributed by atoms with E-state index in [1.165, 1.54) is 23.5 Å². The van der Waals surface area contributed by atoms with E-state index in [1.807, 2.05) is 29.4 Å². The minimum atomic E-state index is -0.231. The number of imidazole rings is 2. The van der Waals surface area contributed by atoms with Crippen molar-refractivity contribution in [3.8, 4) is 32.9 Å². The first kappa shape index (κ1) is 22.2. The van der Waals surface area contributed by atoms with E-state index in [0.717, 1.165) is 72.2 Å². The Hall–Kier alpha value is -3.25. The van der Waals surface area contributed by atoms with Crippen molar-refractivity contribution in [1.29, 1.82) is 0 Å². The maximum absolute atomic E-state index is 13.0. The monoisotopic (exact) mass is 506 g/mol. The van der Waals surface area contributed by atoms with Gasteiger partial charge in [0.1, 0.15) is 16.5 Å². The zero-order valence-corrected chi connectivity index (χ0v) is 20.4. The predicted molar refractivity (Wildman–Crippen MR) is 135 cm³/mol. The molecule has 0 atom stereocenters. The van der Waals surface area contributed by atoms with E-state index in [4.69, 9.17) is 0 Å². The van der Waals surface area contributed by atoms with Crippen molar-refractivity contribution in [3.05, 3.63) is 70.8 Å². The number of hydrogen-bond acceptors (Lipinski definition) is 8. The van der Waals surface area contributed by atoms with Gasteiger partial charge in [0.25, 0.3) is 0 Å². The third-order valence-corrected chi connectivity index (χ3v) is 7.62. The van der Waals surface area contributed by atoms with E-state index in [1.54, 1.807) is 34.8 Å². The minimum absolute atomic E-state index is 0.231. The number of rotatable bonds is 3. The summed E-state index contributed by atoms with van der Waals surface area (Å²) in [5.74, 6) is 1.69.